The van der Waals surface area contributed by atoms with Crippen molar-refractivity contribution in [3.05, 3.63) is 72.9 Å². The summed E-state index contributed by atoms with van der Waals surface area (Å²) in [5, 5.41) is 0. The molecular weight excluding hydrogens is 961 g/mol. The summed E-state index contributed by atoms with van der Waals surface area (Å²) in [6.07, 6.45) is 86.8. The Morgan fingerprint density at radius 2 is 0.500 bits per heavy atom. The summed E-state index contributed by atoms with van der Waals surface area (Å²) in [5.74, 6) is -0.865. The highest BCUT2D eigenvalue weighted by atomic mass is 16.6. The zero-order valence-corrected chi connectivity index (χ0v) is 51.9. The molecule has 0 aliphatic rings. The van der Waals surface area contributed by atoms with E-state index in [4.69, 9.17) is 14.2 Å². The Kier molecular flexibility index (Phi) is 63.7. The molecule has 6 heteroatoms. The van der Waals surface area contributed by atoms with Crippen LogP contribution in [-0.4, -0.2) is 37.2 Å². The van der Waals surface area contributed by atoms with Gasteiger partial charge in [0.15, 0.2) is 6.10 Å². The van der Waals surface area contributed by atoms with Crippen LogP contribution in [0.25, 0.3) is 0 Å². The van der Waals surface area contributed by atoms with E-state index in [9.17, 15) is 14.4 Å². The van der Waals surface area contributed by atoms with Crippen LogP contribution in [0.2, 0.25) is 0 Å². The highest BCUT2D eigenvalue weighted by Crippen LogP contribution is 2.17. The topological polar surface area (TPSA) is 78.9 Å². The van der Waals surface area contributed by atoms with E-state index in [2.05, 4.69) is 93.7 Å². The van der Waals surface area contributed by atoms with Crippen LogP contribution in [0.15, 0.2) is 72.9 Å². The van der Waals surface area contributed by atoms with E-state index >= 15 is 0 Å². The molecule has 78 heavy (non-hydrogen) atoms. The van der Waals surface area contributed by atoms with Gasteiger partial charge in [0.2, 0.25) is 0 Å². The Morgan fingerprint density at radius 1 is 0.269 bits per heavy atom. The number of hydrogen-bond acceptors (Lipinski definition) is 6. The van der Waals surface area contributed by atoms with Gasteiger partial charge in [-0.3, -0.25) is 14.4 Å². The Balaban J connectivity index is 4.03. The SMILES string of the molecule is CC/C=C\C/C=C\C/C=C\C/C=C\CCCCCCCCCCCCCCCCC(=O)OCC(COC(=O)CCCCCCCC)OC(=O)CCCCCCCCCCCCCCCCC/C=C\C/C=C\CCCCCCC. The van der Waals surface area contributed by atoms with Crippen molar-refractivity contribution in [2.24, 2.45) is 0 Å². The molecule has 0 aliphatic heterocycles. The van der Waals surface area contributed by atoms with Gasteiger partial charge in [0.25, 0.3) is 0 Å². The lowest BCUT2D eigenvalue weighted by atomic mass is 10.0. The van der Waals surface area contributed by atoms with Crippen molar-refractivity contribution in [2.75, 3.05) is 13.2 Å². The molecule has 0 aromatic carbocycles. The van der Waals surface area contributed by atoms with Crippen molar-refractivity contribution in [2.45, 2.75) is 354 Å². The zero-order chi connectivity index (χ0) is 56.4. The van der Waals surface area contributed by atoms with Gasteiger partial charge in [-0.15, -0.1) is 0 Å². The molecule has 1 unspecified atom stereocenters. The largest absolute Gasteiger partial charge is 0.462 e. The highest BCUT2D eigenvalue weighted by Gasteiger charge is 2.19. The lowest BCUT2D eigenvalue weighted by Crippen LogP contribution is -2.30. The van der Waals surface area contributed by atoms with Crippen LogP contribution in [0.4, 0.5) is 0 Å². The normalized spacial score (nSPS) is 12.5. The van der Waals surface area contributed by atoms with Crippen LogP contribution in [0, 0.1) is 0 Å². The quantitative estimate of drug-likeness (QED) is 0.0261. The molecule has 0 saturated carbocycles. The van der Waals surface area contributed by atoms with E-state index in [0.29, 0.717) is 19.3 Å². The maximum Gasteiger partial charge on any atom is 0.306 e. The fourth-order valence-corrected chi connectivity index (χ4v) is 9.88. The second kappa shape index (κ2) is 66.4. The average molecular weight is 1090 g/mol. The number of rotatable bonds is 62. The lowest BCUT2D eigenvalue weighted by Gasteiger charge is -2.18. The van der Waals surface area contributed by atoms with Crippen molar-refractivity contribution in [3.63, 3.8) is 0 Å². The first-order chi connectivity index (χ1) is 38.5. The van der Waals surface area contributed by atoms with Gasteiger partial charge < -0.3 is 14.2 Å². The Hall–Kier alpha value is -3.15. The monoisotopic (exact) mass is 1090 g/mol. The molecule has 452 valence electrons. The van der Waals surface area contributed by atoms with Gasteiger partial charge in [-0.25, -0.2) is 0 Å². The fraction of sp³-hybridized carbons (Fsp3) is 0.792. The van der Waals surface area contributed by atoms with Crippen molar-refractivity contribution in [1.82, 2.24) is 0 Å². The van der Waals surface area contributed by atoms with Gasteiger partial charge in [0, 0.05) is 19.3 Å². The number of unbranched alkanes of at least 4 members (excludes halogenated alkanes) is 39. The third-order valence-electron chi connectivity index (χ3n) is 14.9. The first-order valence-corrected chi connectivity index (χ1v) is 33.9. The number of carbonyl (C=O) groups excluding carboxylic acids is 3. The van der Waals surface area contributed by atoms with Gasteiger partial charge in [-0.1, -0.05) is 312 Å². The van der Waals surface area contributed by atoms with Crippen LogP contribution in [0.5, 0.6) is 0 Å². The highest BCUT2D eigenvalue weighted by molar-refractivity contribution is 5.71. The fourth-order valence-electron chi connectivity index (χ4n) is 9.88. The van der Waals surface area contributed by atoms with E-state index in [-0.39, 0.29) is 31.1 Å². The van der Waals surface area contributed by atoms with Crippen molar-refractivity contribution >= 4 is 17.9 Å². The summed E-state index contributed by atoms with van der Waals surface area (Å²) in [6, 6.07) is 0. The Labute approximate surface area is 484 Å². The number of allylic oxidation sites excluding steroid dienone is 12. The van der Waals surface area contributed by atoms with Crippen LogP contribution < -0.4 is 0 Å². The molecule has 0 bridgehead atoms. The number of carbonyl (C=O) groups is 3. The van der Waals surface area contributed by atoms with Crippen LogP contribution in [0.1, 0.15) is 348 Å². The van der Waals surface area contributed by atoms with Crippen molar-refractivity contribution < 1.29 is 28.6 Å². The van der Waals surface area contributed by atoms with Gasteiger partial charge in [-0.05, 0) is 89.9 Å². The summed E-state index contributed by atoms with van der Waals surface area (Å²) >= 11 is 0. The molecule has 0 N–H and O–H groups in total. The minimum Gasteiger partial charge on any atom is -0.462 e. The number of ether oxygens (including phenoxy) is 3. The summed E-state index contributed by atoms with van der Waals surface area (Å²) in [5.41, 5.74) is 0. The first kappa shape index (κ1) is 74.8. The molecule has 0 rings (SSSR count). The van der Waals surface area contributed by atoms with Crippen LogP contribution >= 0.6 is 0 Å². The minimum atomic E-state index is -0.771. The molecule has 0 amide bonds. The maximum atomic E-state index is 12.9. The van der Waals surface area contributed by atoms with E-state index < -0.39 is 6.10 Å². The molecule has 0 aliphatic carbocycles. The van der Waals surface area contributed by atoms with Gasteiger partial charge in [0.05, 0.1) is 0 Å². The summed E-state index contributed by atoms with van der Waals surface area (Å²) in [4.78, 5) is 38.1. The van der Waals surface area contributed by atoms with Crippen LogP contribution in [0.3, 0.4) is 0 Å². The smallest absolute Gasteiger partial charge is 0.306 e. The summed E-state index contributed by atoms with van der Waals surface area (Å²) in [7, 11) is 0. The molecule has 1 atom stereocenters. The molecule has 0 radical (unpaired) electrons. The van der Waals surface area contributed by atoms with Gasteiger partial charge in [-0.2, -0.15) is 0 Å². The summed E-state index contributed by atoms with van der Waals surface area (Å²) in [6.45, 7) is 6.50. The Bertz CT molecular complexity index is 1440. The third kappa shape index (κ3) is 63.7. The predicted octanol–water partition coefficient (Wildman–Crippen LogP) is 23.3. The standard InChI is InChI=1S/C72H128O6/c1-4-7-10-13-16-18-20-22-24-26-28-30-32-34-36-38-40-42-44-46-48-50-52-54-56-59-62-65-71(74)77-68-69(67-76-70(73)64-61-58-15-12-9-6-3)78-72(75)66-63-60-57-55-53-51-49-47-45-43-41-39-37-35-33-31-29-27-25-23-21-19-17-14-11-8-5-2/h7,10,16,18,21-24,27-30,69H,4-6,8-9,11-15,17,19-20,25-26,31-68H2,1-3H3/b10-7-,18-16-,23-21-,24-22-,29-27-,30-28-. The summed E-state index contributed by atoms with van der Waals surface area (Å²) < 4.78 is 16.8. The lowest BCUT2D eigenvalue weighted by molar-refractivity contribution is -0.167. The van der Waals surface area contributed by atoms with E-state index in [1.165, 1.54) is 218 Å². The number of hydrogen-bond donors (Lipinski definition) is 0. The third-order valence-corrected chi connectivity index (χ3v) is 14.9. The molecule has 0 saturated heterocycles. The molecule has 0 aromatic heterocycles. The Morgan fingerprint density at radius 3 is 0.782 bits per heavy atom. The minimum absolute atomic E-state index is 0.0719. The molecule has 0 spiro atoms. The second-order valence-electron chi connectivity index (χ2n) is 22.7. The van der Waals surface area contributed by atoms with Gasteiger partial charge >= 0.3 is 17.9 Å². The molecule has 6 nitrogen and oxygen atoms in total. The average Bonchev–Trinajstić information content (AvgIpc) is 3.44. The maximum absolute atomic E-state index is 12.9. The van der Waals surface area contributed by atoms with E-state index in [1.807, 2.05) is 0 Å². The zero-order valence-electron chi connectivity index (χ0n) is 51.9. The van der Waals surface area contributed by atoms with Gasteiger partial charge in [0.1, 0.15) is 13.2 Å². The van der Waals surface area contributed by atoms with Crippen molar-refractivity contribution in [3.8, 4) is 0 Å². The molecule has 0 aromatic rings. The van der Waals surface area contributed by atoms with Crippen LogP contribution in [-0.2, 0) is 28.6 Å². The molecular formula is C72H128O6. The van der Waals surface area contributed by atoms with E-state index in [1.54, 1.807) is 0 Å². The van der Waals surface area contributed by atoms with Crippen molar-refractivity contribution in [1.29, 1.82) is 0 Å². The molecule has 0 heterocycles. The predicted molar refractivity (Wildman–Crippen MR) is 339 cm³/mol. The first-order valence-electron chi connectivity index (χ1n) is 33.9. The van der Waals surface area contributed by atoms with E-state index in [0.717, 1.165) is 89.9 Å². The second-order valence-corrected chi connectivity index (χ2v) is 22.7. The number of esters is 3. The molecule has 0 fully saturated rings.